The summed E-state index contributed by atoms with van der Waals surface area (Å²) in [5, 5.41) is 0.398. The quantitative estimate of drug-likeness (QED) is 0.485. The Bertz CT molecular complexity index is 162. The zero-order chi connectivity index (χ0) is 8.85. The molecule has 11 heavy (non-hydrogen) atoms. The van der Waals surface area contributed by atoms with Gasteiger partial charge in [0.05, 0.1) is 0 Å². The zero-order valence-corrected chi connectivity index (χ0v) is 8.78. The van der Waals surface area contributed by atoms with Crippen molar-refractivity contribution in [3.8, 4) is 0 Å². The summed E-state index contributed by atoms with van der Waals surface area (Å²) in [6.07, 6.45) is 5.39. The molecular formula is C10H18S. The van der Waals surface area contributed by atoms with Gasteiger partial charge < -0.3 is 0 Å². The third kappa shape index (κ3) is 5.14. The zero-order valence-electron chi connectivity index (χ0n) is 7.89. The van der Waals surface area contributed by atoms with Crippen LogP contribution in [0.1, 0.15) is 34.1 Å². The second-order valence-electron chi connectivity index (χ2n) is 3.07. The number of hydrogen-bond acceptors (Lipinski definition) is 1. The summed E-state index contributed by atoms with van der Waals surface area (Å²) in [6, 6.07) is 0. The van der Waals surface area contributed by atoms with Crippen LogP contribution in [0.5, 0.6) is 0 Å². The Kier molecular flexibility index (Phi) is 5.39. The first kappa shape index (κ1) is 10.8. The van der Waals surface area contributed by atoms with Gasteiger partial charge in [-0.15, -0.1) is 0 Å². The van der Waals surface area contributed by atoms with Crippen LogP contribution in [0.3, 0.4) is 0 Å². The number of allylic oxidation sites excluding steroid dienone is 3. The minimum Gasteiger partial charge on any atom is -0.171 e. The summed E-state index contributed by atoms with van der Waals surface area (Å²) in [5.74, 6) is 0. The summed E-state index contributed by atoms with van der Waals surface area (Å²) in [6.45, 7) is 8.41. The van der Waals surface area contributed by atoms with Crippen LogP contribution in [0.25, 0.3) is 0 Å². The summed E-state index contributed by atoms with van der Waals surface area (Å²) < 4.78 is 0. The predicted molar refractivity (Wildman–Crippen MR) is 56.3 cm³/mol. The van der Waals surface area contributed by atoms with E-state index in [1.807, 2.05) is 0 Å². The van der Waals surface area contributed by atoms with E-state index in [4.69, 9.17) is 0 Å². The van der Waals surface area contributed by atoms with E-state index < -0.39 is 0 Å². The van der Waals surface area contributed by atoms with E-state index >= 15 is 0 Å². The number of rotatable bonds is 3. The summed E-state index contributed by atoms with van der Waals surface area (Å²) in [7, 11) is 0. The Hall–Kier alpha value is -0.170. The van der Waals surface area contributed by atoms with Crippen LogP contribution in [-0.2, 0) is 0 Å². The van der Waals surface area contributed by atoms with E-state index in [9.17, 15) is 0 Å². The van der Waals surface area contributed by atoms with Gasteiger partial charge in [0.15, 0.2) is 0 Å². The molecule has 0 aliphatic rings. The maximum Gasteiger partial charge on any atom is 0.0257 e. The van der Waals surface area contributed by atoms with Crippen molar-refractivity contribution >= 4 is 12.6 Å². The fraction of sp³-hybridized carbons (Fsp3) is 0.600. The molecule has 0 amide bonds. The van der Waals surface area contributed by atoms with Gasteiger partial charge >= 0.3 is 0 Å². The van der Waals surface area contributed by atoms with Gasteiger partial charge in [-0.2, -0.15) is 12.6 Å². The third-order valence-corrected chi connectivity index (χ3v) is 2.35. The van der Waals surface area contributed by atoms with Crippen molar-refractivity contribution in [2.24, 2.45) is 0 Å². The molecule has 1 heteroatoms. The highest BCUT2D eigenvalue weighted by Gasteiger charge is 2.00. The summed E-state index contributed by atoms with van der Waals surface area (Å²) in [4.78, 5) is 0. The molecule has 0 fully saturated rings. The molecule has 0 heterocycles. The van der Waals surface area contributed by atoms with Crippen molar-refractivity contribution in [1.82, 2.24) is 0 Å². The lowest BCUT2D eigenvalue weighted by molar-refractivity contribution is 0.991. The van der Waals surface area contributed by atoms with Crippen LogP contribution in [-0.4, -0.2) is 5.25 Å². The van der Waals surface area contributed by atoms with Crippen LogP contribution in [0.15, 0.2) is 23.3 Å². The molecule has 1 atom stereocenters. The van der Waals surface area contributed by atoms with Crippen LogP contribution < -0.4 is 0 Å². The van der Waals surface area contributed by atoms with Crippen LogP contribution in [0, 0.1) is 0 Å². The Morgan fingerprint density at radius 1 is 1.36 bits per heavy atom. The van der Waals surface area contributed by atoms with Crippen molar-refractivity contribution in [3.05, 3.63) is 23.3 Å². The average molecular weight is 170 g/mol. The molecule has 0 aliphatic heterocycles. The minimum absolute atomic E-state index is 0.398. The minimum atomic E-state index is 0.398. The summed E-state index contributed by atoms with van der Waals surface area (Å²) in [5.41, 5.74) is 2.72. The Balaban J connectivity index is 3.88. The van der Waals surface area contributed by atoms with Gasteiger partial charge in [0, 0.05) is 5.25 Å². The van der Waals surface area contributed by atoms with Crippen molar-refractivity contribution in [1.29, 1.82) is 0 Å². The first-order valence-electron chi connectivity index (χ1n) is 4.02. The molecule has 0 N–H and O–H groups in total. The molecule has 64 valence electrons. The van der Waals surface area contributed by atoms with Gasteiger partial charge in [0.2, 0.25) is 0 Å². The molecule has 0 spiro atoms. The van der Waals surface area contributed by atoms with Crippen LogP contribution >= 0.6 is 12.6 Å². The first-order chi connectivity index (χ1) is 5.07. The molecule has 0 aromatic carbocycles. The van der Waals surface area contributed by atoms with E-state index in [2.05, 4.69) is 52.5 Å². The molecule has 0 aliphatic carbocycles. The van der Waals surface area contributed by atoms with Gasteiger partial charge in [-0.3, -0.25) is 0 Å². The topological polar surface area (TPSA) is 0 Å². The molecule has 0 bridgehead atoms. The lowest BCUT2D eigenvalue weighted by Gasteiger charge is -2.07. The maximum atomic E-state index is 4.47. The smallest absolute Gasteiger partial charge is 0.0257 e. The highest BCUT2D eigenvalue weighted by atomic mass is 32.1. The van der Waals surface area contributed by atoms with Crippen LogP contribution in [0.2, 0.25) is 0 Å². The Morgan fingerprint density at radius 2 is 1.91 bits per heavy atom. The van der Waals surface area contributed by atoms with Gasteiger partial charge in [0.25, 0.3) is 0 Å². The normalized spacial score (nSPS) is 14.5. The number of thiol groups is 1. The van der Waals surface area contributed by atoms with Crippen molar-refractivity contribution in [2.45, 2.75) is 39.4 Å². The molecular weight excluding hydrogens is 152 g/mol. The van der Waals surface area contributed by atoms with Gasteiger partial charge in [-0.1, -0.05) is 23.3 Å². The fourth-order valence-corrected chi connectivity index (χ4v) is 0.980. The van der Waals surface area contributed by atoms with Gasteiger partial charge in [0.1, 0.15) is 0 Å². The average Bonchev–Trinajstić information content (AvgIpc) is 1.98. The van der Waals surface area contributed by atoms with E-state index in [-0.39, 0.29) is 0 Å². The van der Waals surface area contributed by atoms with E-state index in [0.717, 1.165) is 6.42 Å². The molecule has 1 unspecified atom stereocenters. The highest BCUT2D eigenvalue weighted by molar-refractivity contribution is 7.81. The Morgan fingerprint density at radius 3 is 2.27 bits per heavy atom. The lowest BCUT2D eigenvalue weighted by Crippen LogP contribution is -1.97. The molecule has 0 nitrogen and oxygen atoms in total. The van der Waals surface area contributed by atoms with Gasteiger partial charge in [-0.25, -0.2) is 0 Å². The van der Waals surface area contributed by atoms with E-state index in [1.54, 1.807) is 0 Å². The monoisotopic (exact) mass is 170 g/mol. The largest absolute Gasteiger partial charge is 0.171 e. The molecule has 0 rings (SSSR count). The highest BCUT2D eigenvalue weighted by Crippen LogP contribution is 2.13. The first-order valence-corrected chi connectivity index (χ1v) is 4.53. The van der Waals surface area contributed by atoms with Crippen molar-refractivity contribution in [2.75, 3.05) is 0 Å². The lowest BCUT2D eigenvalue weighted by atomic mass is 10.1. The van der Waals surface area contributed by atoms with Crippen molar-refractivity contribution < 1.29 is 0 Å². The second-order valence-corrected chi connectivity index (χ2v) is 3.69. The maximum absolute atomic E-state index is 4.47. The Labute approximate surface area is 75.8 Å². The second kappa shape index (κ2) is 5.48. The summed E-state index contributed by atoms with van der Waals surface area (Å²) >= 11 is 4.47. The standard InChI is InChI=1S/C10H18S/c1-5-9(4)10(11)7-6-8(2)3/h5-6,10-11H,7H2,1-4H3/b9-5-. The molecule has 0 radical (unpaired) electrons. The van der Waals surface area contributed by atoms with Crippen molar-refractivity contribution in [3.63, 3.8) is 0 Å². The molecule has 0 aromatic heterocycles. The fourth-order valence-electron chi connectivity index (χ4n) is 0.726. The van der Waals surface area contributed by atoms with E-state index in [0.29, 0.717) is 5.25 Å². The number of hydrogen-bond donors (Lipinski definition) is 1. The van der Waals surface area contributed by atoms with Gasteiger partial charge in [-0.05, 0) is 34.1 Å². The third-order valence-electron chi connectivity index (χ3n) is 1.73. The SMILES string of the molecule is C/C=C(/C)C(S)CC=C(C)C. The predicted octanol–water partition coefficient (Wildman–Crippen LogP) is 3.61. The van der Waals surface area contributed by atoms with Crippen LogP contribution in [0.4, 0.5) is 0 Å². The molecule has 0 saturated carbocycles. The molecule has 0 aromatic rings. The van der Waals surface area contributed by atoms with E-state index in [1.165, 1.54) is 11.1 Å². The molecule has 0 saturated heterocycles.